The molecule has 1 aliphatic rings. The van der Waals surface area contributed by atoms with Gasteiger partial charge in [-0.1, -0.05) is 47.6 Å². The highest BCUT2D eigenvalue weighted by atomic mass is 16.6. The first-order valence-electron chi connectivity index (χ1n) is 10.6. The summed E-state index contributed by atoms with van der Waals surface area (Å²) in [4.78, 5) is 15.8. The van der Waals surface area contributed by atoms with Crippen LogP contribution in [-0.2, 0) is 16.2 Å². The van der Waals surface area contributed by atoms with E-state index >= 15 is 0 Å². The van der Waals surface area contributed by atoms with Crippen molar-refractivity contribution in [3.8, 4) is 17.6 Å². The van der Waals surface area contributed by atoms with Crippen LogP contribution in [0.25, 0.3) is 0 Å². The third-order valence-corrected chi connectivity index (χ3v) is 5.14. The summed E-state index contributed by atoms with van der Waals surface area (Å²) in [5.41, 5.74) is 2.53. The molecule has 33 heavy (non-hydrogen) atoms. The van der Waals surface area contributed by atoms with Crippen LogP contribution >= 0.6 is 0 Å². The molecule has 0 radical (unpaired) electrons. The molecule has 2 atom stereocenters. The van der Waals surface area contributed by atoms with E-state index in [0.29, 0.717) is 24.5 Å². The number of hydrogen-bond acceptors (Lipinski definition) is 6. The van der Waals surface area contributed by atoms with Crippen LogP contribution in [0.2, 0.25) is 0 Å². The van der Waals surface area contributed by atoms with Crippen molar-refractivity contribution >= 4 is 11.7 Å². The quantitative estimate of drug-likeness (QED) is 0.495. The van der Waals surface area contributed by atoms with Gasteiger partial charge >= 0.3 is 5.97 Å². The number of carboxylic acid groups (broad SMARTS) is 1. The monoisotopic (exact) mass is 446 g/mol. The van der Waals surface area contributed by atoms with Crippen molar-refractivity contribution < 1.29 is 24.2 Å². The van der Waals surface area contributed by atoms with Gasteiger partial charge in [-0.05, 0) is 47.9 Å². The summed E-state index contributed by atoms with van der Waals surface area (Å²) in [6.07, 6.45) is 8.53. The molecular formula is C26H26N2O5. The maximum absolute atomic E-state index is 10.9. The lowest BCUT2D eigenvalue weighted by atomic mass is 9.95. The lowest BCUT2D eigenvalue weighted by Crippen LogP contribution is -2.16. The average molecular weight is 447 g/mol. The smallest absolute Gasteiger partial charge is 0.305 e. The zero-order chi connectivity index (χ0) is 23.5. The van der Waals surface area contributed by atoms with E-state index in [-0.39, 0.29) is 12.3 Å². The number of allylic oxidation sites excluding steroid dienone is 4. The Morgan fingerprint density at radius 3 is 2.45 bits per heavy atom. The predicted octanol–water partition coefficient (Wildman–Crippen LogP) is 4.86. The number of carboxylic acids is 1. The van der Waals surface area contributed by atoms with Gasteiger partial charge in [0.05, 0.1) is 30.7 Å². The Kier molecular flexibility index (Phi) is 8.66. The van der Waals surface area contributed by atoms with Crippen LogP contribution in [0.4, 0.5) is 0 Å². The molecule has 0 fully saturated rings. The fourth-order valence-electron chi connectivity index (χ4n) is 3.38. The van der Waals surface area contributed by atoms with Crippen LogP contribution in [0, 0.1) is 17.2 Å². The van der Waals surface area contributed by atoms with Crippen LogP contribution in [0.15, 0.2) is 78.0 Å². The van der Waals surface area contributed by atoms with Gasteiger partial charge < -0.3 is 19.4 Å². The molecule has 7 heteroatoms. The largest absolute Gasteiger partial charge is 0.494 e. The van der Waals surface area contributed by atoms with Gasteiger partial charge in [-0.2, -0.15) is 5.26 Å². The molecule has 0 saturated carbocycles. The van der Waals surface area contributed by atoms with E-state index in [4.69, 9.17) is 24.7 Å². The van der Waals surface area contributed by atoms with Gasteiger partial charge in [0.1, 0.15) is 25.2 Å². The molecule has 170 valence electrons. The molecule has 1 N–H and O–H groups in total. The van der Waals surface area contributed by atoms with Crippen LogP contribution < -0.4 is 9.47 Å². The lowest BCUT2D eigenvalue weighted by Gasteiger charge is -2.15. The topological polar surface area (TPSA) is 101 Å². The van der Waals surface area contributed by atoms with Crippen LogP contribution in [0.1, 0.15) is 29.9 Å². The van der Waals surface area contributed by atoms with Crippen molar-refractivity contribution in [1.82, 2.24) is 0 Å². The molecule has 7 nitrogen and oxygen atoms in total. The molecule has 0 amide bonds. The SMILES string of the molecule is CON=C1C=CC=CC1CCOc1ccc(COc2ccc(C(C#N)CC(=O)O)cc2)cc1. The third-order valence-electron chi connectivity index (χ3n) is 5.14. The van der Waals surface area contributed by atoms with E-state index < -0.39 is 11.9 Å². The summed E-state index contributed by atoms with van der Waals surface area (Å²) in [5.74, 6) is -0.0732. The summed E-state index contributed by atoms with van der Waals surface area (Å²) in [6, 6.07) is 16.7. The van der Waals surface area contributed by atoms with Crippen molar-refractivity contribution in [2.45, 2.75) is 25.4 Å². The number of oxime groups is 1. The maximum atomic E-state index is 10.9. The predicted molar refractivity (Wildman–Crippen MR) is 124 cm³/mol. The highest BCUT2D eigenvalue weighted by molar-refractivity contribution is 5.98. The van der Waals surface area contributed by atoms with Gasteiger partial charge in [-0.25, -0.2) is 0 Å². The lowest BCUT2D eigenvalue weighted by molar-refractivity contribution is -0.137. The minimum Gasteiger partial charge on any atom is -0.494 e. The zero-order valence-electron chi connectivity index (χ0n) is 18.4. The standard InChI is InChI=1S/C26H26N2O5/c1-31-28-25-5-3-2-4-21(25)14-15-32-23-10-6-19(7-11-23)18-33-24-12-8-20(9-13-24)22(17-27)16-26(29)30/h2-13,21-22H,14-16,18H2,1H3,(H,29,30). The molecule has 0 aliphatic heterocycles. The Hall–Kier alpha value is -4.05. The summed E-state index contributed by atoms with van der Waals surface area (Å²) < 4.78 is 11.7. The van der Waals surface area contributed by atoms with E-state index in [0.717, 1.165) is 23.4 Å². The van der Waals surface area contributed by atoms with E-state index in [1.54, 1.807) is 31.4 Å². The Bertz CT molecular complexity index is 1050. The summed E-state index contributed by atoms with van der Waals surface area (Å²) >= 11 is 0. The number of hydrogen-bond donors (Lipinski definition) is 1. The number of ether oxygens (including phenoxy) is 2. The molecule has 3 rings (SSSR count). The fourth-order valence-corrected chi connectivity index (χ4v) is 3.38. The number of nitriles is 1. The molecule has 0 saturated heterocycles. The van der Waals surface area contributed by atoms with E-state index in [1.807, 2.05) is 48.6 Å². The van der Waals surface area contributed by atoms with Gasteiger partial charge in [0.2, 0.25) is 0 Å². The van der Waals surface area contributed by atoms with Crippen molar-refractivity contribution in [3.05, 3.63) is 84.0 Å². The minimum absolute atomic E-state index is 0.168. The molecule has 2 aromatic carbocycles. The molecule has 2 aromatic rings. The highest BCUT2D eigenvalue weighted by Crippen LogP contribution is 2.23. The van der Waals surface area contributed by atoms with Crippen molar-refractivity contribution in [2.75, 3.05) is 13.7 Å². The summed E-state index contributed by atoms with van der Waals surface area (Å²) in [6.45, 7) is 0.936. The molecule has 0 spiro atoms. The summed E-state index contributed by atoms with van der Waals surface area (Å²) in [7, 11) is 1.54. The van der Waals surface area contributed by atoms with Crippen molar-refractivity contribution in [2.24, 2.45) is 11.1 Å². The molecular weight excluding hydrogens is 420 g/mol. The first-order valence-corrected chi connectivity index (χ1v) is 10.6. The first-order chi connectivity index (χ1) is 16.1. The third kappa shape index (κ3) is 7.25. The van der Waals surface area contributed by atoms with Crippen LogP contribution in [0.5, 0.6) is 11.5 Å². The number of aliphatic carboxylic acids is 1. The van der Waals surface area contributed by atoms with Crippen molar-refractivity contribution in [3.63, 3.8) is 0 Å². The molecule has 0 heterocycles. The maximum Gasteiger partial charge on any atom is 0.305 e. The molecule has 0 aromatic heterocycles. The normalized spacial score (nSPS) is 16.7. The second-order valence-electron chi connectivity index (χ2n) is 7.47. The van der Waals surface area contributed by atoms with Crippen molar-refractivity contribution in [1.29, 1.82) is 5.26 Å². The zero-order valence-corrected chi connectivity index (χ0v) is 18.4. The van der Waals surface area contributed by atoms with Crippen LogP contribution in [0.3, 0.4) is 0 Å². The van der Waals surface area contributed by atoms with Gasteiger partial charge in [-0.3, -0.25) is 4.79 Å². The Morgan fingerprint density at radius 2 is 1.79 bits per heavy atom. The Morgan fingerprint density at radius 1 is 1.09 bits per heavy atom. The Balaban J connectivity index is 1.45. The minimum atomic E-state index is -0.998. The second kappa shape index (κ2) is 12.1. The van der Waals surface area contributed by atoms with E-state index in [9.17, 15) is 4.79 Å². The Labute approximate surface area is 193 Å². The average Bonchev–Trinajstić information content (AvgIpc) is 2.83. The first kappa shape index (κ1) is 23.6. The second-order valence-corrected chi connectivity index (χ2v) is 7.47. The highest BCUT2D eigenvalue weighted by Gasteiger charge is 2.15. The van der Waals surface area contributed by atoms with E-state index in [1.165, 1.54) is 0 Å². The number of benzene rings is 2. The van der Waals surface area contributed by atoms with E-state index in [2.05, 4.69) is 11.2 Å². The molecule has 0 bridgehead atoms. The molecule has 1 aliphatic carbocycles. The number of nitrogens with zero attached hydrogens (tertiary/aromatic N) is 2. The summed E-state index contributed by atoms with van der Waals surface area (Å²) in [5, 5.41) is 22.1. The number of carbonyl (C=O) groups is 1. The van der Waals surface area contributed by atoms with Gasteiger partial charge in [0.25, 0.3) is 0 Å². The fraction of sp³-hybridized carbons (Fsp3) is 0.269. The van der Waals surface area contributed by atoms with Crippen LogP contribution in [-0.4, -0.2) is 30.5 Å². The van der Waals surface area contributed by atoms with Gasteiger partial charge in [0.15, 0.2) is 0 Å². The molecule has 2 unspecified atom stereocenters. The number of rotatable bonds is 11. The van der Waals surface area contributed by atoms with Gasteiger partial charge in [-0.15, -0.1) is 0 Å². The van der Waals surface area contributed by atoms with Gasteiger partial charge in [0, 0.05) is 5.92 Å².